The van der Waals surface area contributed by atoms with Gasteiger partial charge < -0.3 is 20.9 Å². The Bertz CT molecular complexity index is 1340. The molecule has 2 aliphatic heterocycles. The van der Waals surface area contributed by atoms with Gasteiger partial charge in [-0.15, -0.1) is 0 Å². The van der Waals surface area contributed by atoms with Crippen LogP contribution in [0.4, 0.5) is 11.5 Å². The Balaban J connectivity index is 1.43. The molecule has 0 unspecified atom stereocenters. The number of fused-ring (bicyclic) bond motifs is 3. The van der Waals surface area contributed by atoms with Crippen LogP contribution >= 0.6 is 11.6 Å². The minimum Gasteiger partial charge on any atom is -0.369 e. The van der Waals surface area contributed by atoms with Crippen LogP contribution in [0.25, 0.3) is 22.0 Å². The molecule has 176 valence electrons. The van der Waals surface area contributed by atoms with Crippen molar-refractivity contribution in [2.45, 2.75) is 24.7 Å². The normalized spacial score (nSPS) is 24.7. The number of primary amides is 1. The third-order valence-electron chi connectivity index (χ3n) is 7.84. The number of carbonyl (C=O) groups excluding carboxylic acids is 2. The molecular weight excluding hydrogens is 452 g/mol. The summed E-state index contributed by atoms with van der Waals surface area (Å²) in [6.45, 7) is 2.61. The Kier molecular flexibility index (Phi) is 4.86. The quantitative estimate of drug-likeness (QED) is 0.536. The largest absolute Gasteiger partial charge is 0.369 e. The summed E-state index contributed by atoms with van der Waals surface area (Å²) in [5, 5.41) is 5.06. The van der Waals surface area contributed by atoms with Gasteiger partial charge in [-0.25, -0.2) is 4.98 Å². The number of nitrogens with zero attached hydrogens (tertiary/aromatic N) is 3. The van der Waals surface area contributed by atoms with Crippen molar-refractivity contribution in [3.8, 4) is 11.1 Å². The number of rotatable bonds is 3. The zero-order valence-corrected chi connectivity index (χ0v) is 19.8. The van der Waals surface area contributed by atoms with Crippen molar-refractivity contribution in [2.75, 3.05) is 43.4 Å². The number of benzene rings is 1. The first kappa shape index (κ1) is 21.4. The lowest BCUT2D eigenvalue weighted by molar-refractivity contribution is -0.122. The van der Waals surface area contributed by atoms with Crippen molar-refractivity contribution in [1.82, 2.24) is 14.9 Å². The minimum absolute atomic E-state index is 0.0906. The van der Waals surface area contributed by atoms with Gasteiger partial charge in [-0.3, -0.25) is 14.5 Å². The number of halogens is 1. The van der Waals surface area contributed by atoms with Crippen molar-refractivity contribution >= 4 is 45.8 Å². The van der Waals surface area contributed by atoms with E-state index in [0.717, 1.165) is 58.5 Å². The number of nitrogens with one attached hydrogen (secondary N) is 2. The first-order chi connectivity index (χ1) is 16.4. The second kappa shape index (κ2) is 7.71. The monoisotopic (exact) mass is 478 g/mol. The first-order valence-electron chi connectivity index (χ1n) is 11.7. The van der Waals surface area contributed by atoms with Crippen LogP contribution in [0.15, 0.2) is 30.6 Å². The zero-order chi connectivity index (χ0) is 23.6. The van der Waals surface area contributed by atoms with Gasteiger partial charge in [0.2, 0.25) is 11.8 Å². The Hall–Kier alpha value is -3.10. The van der Waals surface area contributed by atoms with Gasteiger partial charge in [0.05, 0.1) is 22.8 Å². The van der Waals surface area contributed by atoms with E-state index in [1.54, 1.807) is 0 Å². The van der Waals surface area contributed by atoms with Crippen LogP contribution in [0.1, 0.15) is 24.8 Å². The lowest BCUT2D eigenvalue weighted by Gasteiger charge is -2.32. The number of nitrogens with two attached hydrogens (primary N) is 1. The zero-order valence-electron chi connectivity index (χ0n) is 19.0. The maximum atomic E-state index is 12.7. The van der Waals surface area contributed by atoms with E-state index in [9.17, 15) is 9.59 Å². The summed E-state index contributed by atoms with van der Waals surface area (Å²) in [6, 6.07) is 6.00. The highest BCUT2D eigenvalue weighted by Gasteiger charge is 2.48. The fraction of sp³-hybridized carbons (Fsp3) is 0.400. The number of anilines is 2. The third-order valence-corrected chi connectivity index (χ3v) is 8.23. The van der Waals surface area contributed by atoms with Gasteiger partial charge in [-0.2, -0.15) is 0 Å². The summed E-state index contributed by atoms with van der Waals surface area (Å²) in [4.78, 5) is 36.6. The predicted octanol–water partition coefficient (Wildman–Crippen LogP) is 3.11. The van der Waals surface area contributed by atoms with Gasteiger partial charge >= 0.3 is 0 Å². The second-order valence-electron chi connectivity index (χ2n) is 9.87. The van der Waals surface area contributed by atoms with E-state index in [-0.39, 0.29) is 23.1 Å². The van der Waals surface area contributed by atoms with Crippen LogP contribution in [0.2, 0.25) is 5.02 Å². The van der Waals surface area contributed by atoms with Crippen molar-refractivity contribution in [3.63, 3.8) is 0 Å². The van der Waals surface area contributed by atoms with Gasteiger partial charge in [0, 0.05) is 65.4 Å². The van der Waals surface area contributed by atoms with Gasteiger partial charge in [0.1, 0.15) is 5.82 Å². The molecule has 2 fully saturated rings. The van der Waals surface area contributed by atoms with Gasteiger partial charge in [-0.1, -0.05) is 23.7 Å². The van der Waals surface area contributed by atoms with E-state index in [1.807, 2.05) is 47.4 Å². The molecule has 2 aromatic heterocycles. The number of pyridine rings is 1. The number of likely N-dealkylation sites (N-methyl/N-ethyl adjacent to an activating group) is 1. The number of piperazine rings is 1. The minimum atomic E-state index is -0.242. The predicted molar refractivity (Wildman–Crippen MR) is 133 cm³/mol. The first-order valence-corrected chi connectivity index (χ1v) is 12.1. The molecule has 1 spiro atoms. The average molecular weight is 479 g/mol. The molecule has 9 heteroatoms. The average Bonchev–Trinajstić information content (AvgIpc) is 3.52. The highest BCUT2D eigenvalue weighted by atomic mass is 35.5. The lowest BCUT2D eigenvalue weighted by atomic mass is 9.80. The molecule has 4 heterocycles. The van der Waals surface area contributed by atoms with Crippen LogP contribution in [-0.4, -0.2) is 59.9 Å². The summed E-state index contributed by atoms with van der Waals surface area (Å²) in [6.07, 6.45) is 6.07. The van der Waals surface area contributed by atoms with Crippen LogP contribution in [0.3, 0.4) is 0 Å². The Morgan fingerprint density at radius 3 is 2.91 bits per heavy atom. The molecule has 1 saturated heterocycles. The number of hydrogen-bond acceptors (Lipinski definition) is 5. The van der Waals surface area contributed by atoms with E-state index in [1.165, 1.54) is 0 Å². The highest BCUT2D eigenvalue weighted by molar-refractivity contribution is 6.35. The summed E-state index contributed by atoms with van der Waals surface area (Å²) in [7, 11) is 1.96. The summed E-state index contributed by atoms with van der Waals surface area (Å²) < 4.78 is 0. The maximum absolute atomic E-state index is 12.7. The third kappa shape index (κ3) is 3.12. The van der Waals surface area contributed by atoms with Crippen molar-refractivity contribution in [3.05, 3.63) is 41.2 Å². The Morgan fingerprint density at radius 2 is 2.15 bits per heavy atom. The number of para-hydroxylation sites is 1. The van der Waals surface area contributed by atoms with Crippen LogP contribution in [0.5, 0.6) is 0 Å². The number of hydrogen-bond donors (Lipinski definition) is 3. The molecule has 8 nitrogen and oxygen atoms in total. The van der Waals surface area contributed by atoms with Crippen LogP contribution in [0, 0.1) is 5.92 Å². The maximum Gasteiger partial charge on any atom is 0.241 e. The molecule has 2 atom stereocenters. The number of aromatic amines is 1. The van der Waals surface area contributed by atoms with Crippen molar-refractivity contribution in [1.29, 1.82) is 0 Å². The van der Waals surface area contributed by atoms with Crippen molar-refractivity contribution < 1.29 is 9.59 Å². The highest BCUT2D eigenvalue weighted by Crippen LogP contribution is 2.53. The van der Waals surface area contributed by atoms with E-state index in [0.29, 0.717) is 31.1 Å². The van der Waals surface area contributed by atoms with Gasteiger partial charge in [0.15, 0.2) is 0 Å². The number of amides is 2. The van der Waals surface area contributed by atoms with E-state index in [2.05, 4.69) is 10.3 Å². The molecule has 1 saturated carbocycles. The van der Waals surface area contributed by atoms with Crippen molar-refractivity contribution in [2.24, 2.45) is 11.7 Å². The summed E-state index contributed by atoms with van der Waals surface area (Å²) >= 11 is 7.09. The molecule has 4 N–H and O–H groups in total. The van der Waals surface area contributed by atoms with Gasteiger partial charge in [-0.05, 0) is 32.4 Å². The number of H-pyrrole nitrogens is 1. The standard InChI is InChI=1S/C25H27ClN6O2/c1-31-7-8-32(19(33)12-31)18-4-2-3-15-16(10-28-22(15)18)17-11-29-24-20(21(17)26)25(13-30-24)6-5-14(9-25)23(27)34/h2-4,10-11,14,28H,5-9,12-13H2,1H3,(H2,27,34)(H,29,30)/t14-,25+/m1/s1. The molecular formula is C25H27ClN6O2. The summed E-state index contributed by atoms with van der Waals surface area (Å²) in [5.74, 6) is 0.507. The fourth-order valence-corrected chi connectivity index (χ4v) is 6.47. The Morgan fingerprint density at radius 1 is 1.29 bits per heavy atom. The number of carbonyl (C=O) groups is 2. The van der Waals surface area contributed by atoms with E-state index >= 15 is 0 Å². The van der Waals surface area contributed by atoms with E-state index < -0.39 is 0 Å². The molecule has 6 rings (SSSR count). The lowest BCUT2D eigenvalue weighted by Crippen LogP contribution is -2.49. The smallest absolute Gasteiger partial charge is 0.241 e. The summed E-state index contributed by atoms with van der Waals surface area (Å²) in [5.41, 5.74) is 9.99. The molecule has 3 aromatic rings. The molecule has 1 aliphatic carbocycles. The molecule has 1 aromatic carbocycles. The fourth-order valence-electron chi connectivity index (χ4n) is 6.02. The molecule has 0 radical (unpaired) electrons. The van der Waals surface area contributed by atoms with E-state index in [4.69, 9.17) is 22.3 Å². The topological polar surface area (TPSA) is 107 Å². The molecule has 34 heavy (non-hydrogen) atoms. The SMILES string of the molecule is CN1CCN(c2cccc3c(-c4cnc5c(c4Cl)[C@]4(CC[C@@H](C(N)=O)C4)CN5)c[nH]c23)C(=O)C1. The Labute approximate surface area is 202 Å². The van der Waals surface area contributed by atoms with Crippen LogP contribution < -0.4 is 16.0 Å². The molecule has 3 aliphatic rings. The molecule has 0 bridgehead atoms. The second-order valence-corrected chi connectivity index (χ2v) is 10.2. The van der Waals surface area contributed by atoms with Crippen LogP contribution in [-0.2, 0) is 15.0 Å². The molecule has 2 amide bonds. The number of aromatic nitrogens is 2. The van der Waals surface area contributed by atoms with Gasteiger partial charge in [0.25, 0.3) is 0 Å².